The average molecular weight is 267 g/mol. The molecule has 0 bridgehead atoms. The topological polar surface area (TPSA) is 55.2 Å². The van der Waals surface area contributed by atoms with Gasteiger partial charge in [0.25, 0.3) is 0 Å². The molecule has 0 aliphatic rings. The van der Waals surface area contributed by atoms with Gasteiger partial charge in [0.15, 0.2) is 5.75 Å². The molecule has 0 radical (unpaired) electrons. The third-order valence-electron chi connectivity index (χ3n) is 1.71. The summed E-state index contributed by atoms with van der Waals surface area (Å²) in [5.41, 5.74) is 0. The lowest BCUT2D eigenvalue weighted by molar-refractivity contribution is 0.422. The van der Waals surface area contributed by atoms with Crippen LogP contribution >= 0.6 is 15.9 Å². The van der Waals surface area contributed by atoms with Crippen LogP contribution in [0.5, 0.6) is 17.4 Å². The largest absolute Gasteiger partial charge is 0.491 e. The van der Waals surface area contributed by atoms with E-state index < -0.39 is 0 Å². The molecule has 0 aliphatic heterocycles. The fourth-order valence-electron chi connectivity index (χ4n) is 1.03. The lowest BCUT2D eigenvalue weighted by Gasteiger charge is -2.06. The number of hydrogen-bond acceptors (Lipinski definition) is 4. The maximum Gasteiger partial charge on any atom is 0.249 e. The minimum Gasteiger partial charge on any atom is -0.491 e. The number of halogens is 1. The maximum atomic E-state index is 9.28. The summed E-state index contributed by atoms with van der Waals surface area (Å²) < 4.78 is 5.87. The first kappa shape index (κ1) is 9.92. The Morgan fingerprint density at radius 1 is 1.20 bits per heavy atom. The Morgan fingerprint density at radius 2 is 1.93 bits per heavy atom. The molecule has 1 aromatic carbocycles. The van der Waals surface area contributed by atoms with Gasteiger partial charge in [0.2, 0.25) is 5.88 Å². The molecule has 4 nitrogen and oxygen atoms in total. The van der Waals surface area contributed by atoms with Gasteiger partial charge in [-0.05, 0) is 28.1 Å². The van der Waals surface area contributed by atoms with Crippen LogP contribution in [-0.2, 0) is 0 Å². The monoisotopic (exact) mass is 266 g/mol. The van der Waals surface area contributed by atoms with Crippen molar-refractivity contribution in [1.29, 1.82) is 0 Å². The molecule has 0 aliphatic carbocycles. The van der Waals surface area contributed by atoms with Crippen LogP contribution in [0.2, 0.25) is 0 Å². The molecular formula is C10H7BrN2O2. The molecule has 0 amide bonds. The summed E-state index contributed by atoms with van der Waals surface area (Å²) in [4.78, 5) is 0. The highest BCUT2D eigenvalue weighted by Gasteiger charge is 2.08. The molecule has 0 atom stereocenters. The SMILES string of the molecule is Oc1nncc(Oc2ccccc2)c1Br. The molecule has 2 rings (SSSR count). The molecule has 0 saturated carbocycles. The number of ether oxygens (including phenoxy) is 1. The van der Waals surface area contributed by atoms with Crippen molar-refractivity contribution in [3.8, 4) is 17.4 Å². The third-order valence-corrected chi connectivity index (χ3v) is 2.46. The van der Waals surface area contributed by atoms with Crippen LogP contribution < -0.4 is 4.74 Å². The van der Waals surface area contributed by atoms with Crippen molar-refractivity contribution in [2.24, 2.45) is 0 Å². The Morgan fingerprint density at radius 3 is 2.67 bits per heavy atom. The summed E-state index contributed by atoms with van der Waals surface area (Å²) >= 11 is 3.16. The lowest BCUT2D eigenvalue weighted by Crippen LogP contribution is -1.89. The molecule has 76 valence electrons. The predicted octanol–water partition coefficient (Wildman–Crippen LogP) is 2.74. The zero-order chi connectivity index (χ0) is 10.7. The van der Waals surface area contributed by atoms with E-state index in [1.807, 2.05) is 30.3 Å². The lowest BCUT2D eigenvalue weighted by atomic mass is 10.3. The van der Waals surface area contributed by atoms with Gasteiger partial charge in [-0.1, -0.05) is 18.2 Å². The summed E-state index contributed by atoms with van der Waals surface area (Å²) in [5.74, 6) is 0.905. The van der Waals surface area contributed by atoms with E-state index in [4.69, 9.17) is 4.74 Å². The van der Waals surface area contributed by atoms with E-state index in [2.05, 4.69) is 26.1 Å². The standard InChI is InChI=1S/C10H7BrN2O2/c11-9-8(6-12-13-10(9)14)15-7-4-2-1-3-5-7/h1-6H,(H,13,14). The first-order chi connectivity index (χ1) is 7.27. The van der Waals surface area contributed by atoms with Crippen molar-refractivity contribution in [2.45, 2.75) is 0 Å². The third kappa shape index (κ3) is 2.24. The second-order valence-electron chi connectivity index (χ2n) is 2.76. The number of nitrogens with zero attached hydrogens (tertiary/aromatic N) is 2. The van der Waals surface area contributed by atoms with Gasteiger partial charge >= 0.3 is 0 Å². The highest BCUT2D eigenvalue weighted by molar-refractivity contribution is 9.10. The van der Waals surface area contributed by atoms with Crippen molar-refractivity contribution in [3.05, 3.63) is 41.0 Å². The Labute approximate surface area is 94.7 Å². The van der Waals surface area contributed by atoms with E-state index in [9.17, 15) is 5.11 Å². The highest BCUT2D eigenvalue weighted by atomic mass is 79.9. The number of aromatic hydroxyl groups is 1. The van der Waals surface area contributed by atoms with Crippen molar-refractivity contribution in [1.82, 2.24) is 10.2 Å². The molecular weight excluding hydrogens is 260 g/mol. The van der Waals surface area contributed by atoms with E-state index >= 15 is 0 Å². The Hall–Kier alpha value is -1.62. The molecule has 0 saturated heterocycles. The summed E-state index contributed by atoms with van der Waals surface area (Å²) in [5, 5.41) is 16.3. The molecule has 0 fully saturated rings. The first-order valence-electron chi connectivity index (χ1n) is 4.20. The van der Waals surface area contributed by atoms with Crippen molar-refractivity contribution < 1.29 is 9.84 Å². The van der Waals surface area contributed by atoms with Crippen LogP contribution in [0, 0.1) is 0 Å². The minimum absolute atomic E-state index is 0.191. The van der Waals surface area contributed by atoms with Gasteiger partial charge in [0.1, 0.15) is 10.2 Å². The molecule has 1 aromatic heterocycles. The molecule has 1 heterocycles. The van der Waals surface area contributed by atoms with Gasteiger partial charge < -0.3 is 9.84 Å². The van der Waals surface area contributed by atoms with E-state index in [0.717, 1.165) is 0 Å². The van der Waals surface area contributed by atoms with Gasteiger partial charge in [-0.2, -0.15) is 5.10 Å². The van der Waals surface area contributed by atoms with Crippen LogP contribution in [0.3, 0.4) is 0 Å². The van der Waals surface area contributed by atoms with Gasteiger partial charge in [-0.25, -0.2) is 0 Å². The Balaban J connectivity index is 2.29. The molecule has 0 unspecified atom stereocenters. The summed E-state index contributed by atoms with van der Waals surface area (Å²) in [7, 11) is 0. The van der Waals surface area contributed by atoms with Crippen LogP contribution in [0.1, 0.15) is 0 Å². The van der Waals surface area contributed by atoms with Crippen LogP contribution in [0.25, 0.3) is 0 Å². The number of aromatic nitrogens is 2. The predicted molar refractivity (Wildman–Crippen MR) is 57.9 cm³/mol. The normalized spacial score (nSPS) is 9.93. The fraction of sp³-hybridized carbons (Fsp3) is 0. The van der Waals surface area contributed by atoms with Crippen molar-refractivity contribution in [2.75, 3.05) is 0 Å². The van der Waals surface area contributed by atoms with E-state index in [1.165, 1.54) is 6.20 Å². The van der Waals surface area contributed by atoms with Crippen LogP contribution in [0.15, 0.2) is 41.0 Å². The Bertz CT molecular complexity index is 462. The second kappa shape index (κ2) is 4.27. The smallest absolute Gasteiger partial charge is 0.249 e. The first-order valence-corrected chi connectivity index (χ1v) is 5.00. The molecule has 0 spiro atoms. The zero-order valence-electron chi connectivity index (χ0n) is 7.59. The average Bonchev–Trinajstić information content (AvgIpc) is 2.26. The number of rotatable bonds is 2. The van der Waals surface area contributed by atoms with E-state index in [1.54, 1.807) is 0 Å². The van der Waals surface area contributed by atoms with Gasteiger partial charge in [0.05, 0.1) is 6.20 Å². The zero-order valence-corrected chi connectivity index (χ0v) is 9.18. The molecule has 2 aromatic rings. The summed E-state index contributed by atoms with van der Waals surface area (Å²) in [6, 6.07) is 9.23. The molecule has 1 N–H and O–H groups in total. The number of benzene rings is 1. The van der Waals surface area contributed by atoms with Crippen LogP contribution in [-0.4, -0.2) is 15.3 Å². The van der Waals surface area contributed by atoms with Crippen molar-refractivity contribution in [3.63, 3.8) is 0 Å². The van der Waals surface area contributed by atoms with Crippen molar-refractivity contribution >= 4 is 15.9 Å². The molecule has 5 heteroatoms. The Kier molecular flexibility index (Phi) is 2.82. The summed E-state index contributed by atoms with van der Waals surface area (Å²) in [6.07, 6.45) is 1.43. The van der Waals surface area contributed by atoms with E-state index in [-0.39, 0.29) is 5.88 Å². The second-order valence-corrected chi connectivity index (χ2v) is 3.55. The van der Waals surface area contributed by atoms with Crippen LogP contribution in [0.4, 0.5) is 0 Å². The quantitative estimate of drug-likeness (QED) is 0.908. The molecule has 15 heavy (non-hydrogen) atoms. The number of para-hydroxylation sites is 1. The van der Waals surface area contributed by atoms with Gasteiger partial charge in [-0.15, -0.1) is 5.10 Å². The van der Waals surface area contributed by atoms with Gasteiger partial charge in [-0.3, -0.25) is 0 Å². The minimum atomic E-state index is -0.191. The highest BCUT2D eigenvalue weighted by Crippen LogP contribution is 2.33. The summed E-state index contributed by atoms with van der Waals surface area (Å²) in [6.45, 7) is 0. The number of hydrogen-bond donors (Lipinski definition) is 1. The van der Waals surface area contributed by atoms with Gasteiger partial charge in [0, 0.05) is 0 Å². The fourth-order valence-corrected chi connectivity index (χ4v) is 1.30. The van der Waals surface area contributed by atoms with E-state index in [0.29, 0.717) is 16.0 Å². The maximum absolute atomic E-state index is 9.28.